The third-order valence-corrected chi connectivity index (χ3v) is 11.8. The maximum Gasteiger partial charge on any atom is 0.240 e. The lowest BCUT2D eigenvalue weighted by atomic mass is 9.77. The average molecular weight is 683 g/mol. The minimum atomic E-state index is -3.58. The van der Waals surface area contributed by atoms with E-state index in [1.807, 2.05) is 61.5 Å². The molecular formula is C38H46N6O4S. The van der Waals surface area contributed by atoms with Crippen molar-refractivity contribution in [1.29, 1.82) is 0 Å². The molecule has 1 aliphatic heterocycles. The van der Waals surface area contributed by atoms with Crippen molar-refractivity contribution in [3.05, 3.63) is 83.4 Å². The van der Waals surface area contributed by atoms with Crippen LogP contribution >= 0.6 is 0 Å². The summed E-state index contributed by atoms with van der Waals surface area (Å²) in [7, 11) is -3.58. The fourth-order valence-corrected chi connectivity index (χ4v) is 8.66. The van der Waals surface area contributed by atoms with Gasteiger partial charge < -0.3 is 11.1 Å². The molecule has 3 aromatic carbocycles. The van der Waals surface area contributed by atoms with Gasteiger partial charge in [-0.1, -0.05) is 43.2 Å². The van der Waals surface area contributed by atoms with Crippen LogP contribution in [0.25, 0.3) is 11.1 Å². The van der Waals surface area contributed by atoms with Gasteiger partial charge in [0.1, 0.15) is 5.78 Å². The quantitative estimate of drug-likeness (QED) is 0.186. The molecule has 0 saturated heterocycles. The van der Waals surface area contributed by atoms with Crippen LogP contribution in [0.15, 0.2) is 86.8 Å². The fourth-order valence-electron chi connectivity index (χ4n) is 7.28. The van der Waals surface area contributed by atoms with Gasteiger partial charge in [-0.3, -0.25) is 9.59 Å². The van der Waals surface area contributed by atoms with Crippen LogP contribution in [0.5, 0.6) is 0 Å². The van der Waals surface area contributed by atoms with Crippen molar-refractivity contribution in [3.63, 3.8) is 0 Å². The Morgan fingerprint density at radius 2 is 1.59 bits per heavy atom. The Kier molecular flexibility index (Phi) is 11.1. The molecule has 4 N–H and O–H groups in total. The van der Waals surface area contributed by atoms with E-state index in [0.717, 1.165) is 79.2 Å². The molecule has 3 aliphatic rings. The molecule has 2 aliphatic carbocycles. The van der Waals surface area contributed by atoms with Crippen molar-refractivity contribution in [3.8, 4) is 11.1 Å². The van der Waals surface area contributed by atoms with Crippen LogP contribution in [0.3, 0.4) is 0 Å². The van der Waals surface area contributed by atoms with Gasteiger partial charge in [-0.25, -0.2) is 18.1 Å². The minimum Gasteiger partial charge on any atom is -0.330 e. The van der Waals surface area contributed by atoms with Gasteiger partial charge in [0.25, 0.3) is 0 Å². The fraction of sp³-hybridized carbons (Fsp3) is 0.447. The molecule has 1 heterocycles. The Balaban J connectivity index is 1.15. The number of rotatable bonds is 13. The number of nitrogens with two attached hydrogens (primary N) is 1. The molecular weight excluding hydrogens is 637 g/mol. The minimum absolute atomic E-state index is 0.00967. The third kappa shape index (κ3) is 8.76. The van der Waals surface area contributed by atoms with E-state index in [2.05, 4.69) is 25.3 Å². The molecule has 0 aromatic heterocycles. The molecule has 2 fully saturated rings. The molecule has 0 bridgehead atoms. The SMILES string of the molecule is Cc1cc(S(=O)(=O)NC2CCCC2)ccc1-c1ccc(C[C@H](CC(=O)C2CCC(CN)CC2)C(=O)Nc2ccc(C3=NCN=N3)cc2)cc1. The van der Waals surface area contributed by atoms with E-state index in [1.54, 1.807) is 12.1 Å². The number of Topliss-reactive ketones (excluding diaryl/α,β-unsaturated/α-hetero) is 1. The summed E-state index contributed by atoms with van der Waals surface area (Å²) in [6.45, 7) is 2.90. The highest BCUT2D eigenvalue weighted by atomic mass is 32.2. The molecule has 1 atom stereocenters. The first-order valence-corrected chi connectivity index (χ1v) is 18.9. The first kappa shape index (κ1) is 34.8. The van der Waals surface area contributed by atoms with Gasteiger partial charge in [0.2, 0.25) is 15.9 Å². The summed E-state index contributed by atoms with van der Waals surface area (Å²) < 4.78 is 28.9. The van der Waals surface area contributed by atoms with Crippen LogP contribution < -0.4 is 15.8 Å². The monoisotopic (exact) mass is 682 g/mol. The molecule has 49 heavy (non-hydrogen) atoms. The Morgan fingerprint density at radius 3 is 2.22 bits per heavy atom. The van der Waals surface area contributed by atoms with E-state index in [0.29, 0.717) is 37.1 Å². The van der Waals surface area contributed by atoms with Crippen LogP contribution in [0, 0.1) is 24.7 Å². The zero-order valence-electron chi connectivity index (χ0n) is 28.1. The van der Waals surface area contributed by atoms with Crippen LogP contribution in [0.4, 0.5) is 5.69 Å². The second kappa shape index (κ2) is 15.7. The first-order chi connectivity index (χ1) is 23.7. The summed E-state index contributed by atoms with van der Waals surface area (Å²) in [4.78, 5) is 31.8. The van der Waals surface area contributed by atoms with Gasteiger partial charge in [0.15, 0.2) is 12.5 Å². The van der Waals surface area contributed by atoms with E-state index in [4.69, 9.17) is 5.73 Å². The number of aryl methyl sites for hydroxylation is 1. The molecule has 10 nitrogen and oxygen atoms in total. The molecule has 6 rings (SSSR count). The summed E-state index contributed by atoms with van der Waals surface area (Å²) in [5, 5.41) is 11.0. The first-order valence-electron chi connectivity index (χ1n) is 17.5. The van der Waals surface area contributed by atoms with Gasteiger partial charge in [-0.15, -0.1) is 5.11 Å². The number of sulfonamides is 1. The van der Waals surface area contributed by atoms with Gasteiger partial charge in [-0.05, 0) is 123 Å². The number of azo groups is 1. The maximum absolute atomic E-state index is 13.7. The van der Waals surface area contributed by atoms with Gasteiger partial charge >= 0.3 is 0 Å². The van der Waals surface area contributed by atoms with Gasteiger partial charge in [-0.2, -0.15) is 5.11 Å². The van der Waals surface area contributed by atoms with Crippen molar-refractivity contribution < 1.29 is 18.0 Å². The van der Waals surface area contributed by atoms with E-state index in [9.17, 15) is 18.0 Å². The van der Waals surface area contributed by atoms with E-state index in [-0.39, 0.29) is 35.0 Å². The Labute approximate surface area is 289 Å². The molecule has 0 radical (unpaired) electrons. The van der Waals surface area contributed by atoms with Gasteiger partial charge in [0, 0.05) is 35.5 Å². The summed E-state index contributed by atoms with van der Waals surface area (Å²) in [6, 6.07) is 20.6. The lowest BCUT2D eigenvalue weighted by molar-refractivity contribution is -0.129. The number of carbonyl (C=O) groups excluding carboxylic acids is 2. The second-order valence-corrected chi connectivity index (χ2v) is 15.4. The summed E-state index contributed by atoms with van der Waals surface area (Å²) in [5.41, 5.74) is 11.0. The lowest BCUT2D eigenvalue weighted by Gasteiger charge is -2.27. The number of carbonyl (C=O) groups is 2. The number of nitrogens with one attached hydrogen (secondary N) is 2. The Hall–Kier alpha value is -4.06. The standard InChI is InChI=1S/C38H46N6O4S/c1-25-20-34(49(47,48)44-33-4-2-3-5-33)18-19-35(25)28-10-6-26(7-11-28)21-31(22-36(45)29-12-8-27(23-39)9-13-29)38(46)42-32-16-14-30(15-17-32)37-40-24-41-43-37/h6-7,10-11,14-20,27,29,31,33,44H,2-5,8-9,12-13,21-24,39H2,1H3,(H,42,46)/t27?,29?,31-/m1/s1. The van der Waals surface area contributed by atoms with Crippen LogP contribution in [-0.2, 0) is 26.0 Å². The molecule has 1 amide bonds. The number of hydrogen-bond donors (Lipinski definition) is 3. The average Bonchev–Trinajstić information content (AvgIpc) is 3.84. The highest BCUT2D eigenvalue weighted by Crippen LogP contribution is 2.32. The number of anilines is 1. The van der Waals surface area contributed by atoms with Crippen LogP contribution in [0.1, 0.15) is 74.5 Å². The number of amidine groups is 1. The number of ketones is 1. The van der Waals surface area contributed by atoms with E-state index >= 15 is 0 Å². The van der Waals surface area contributed by atoms with Gasteiger partial charge in [0.05, 0.1) is 4.90 Å². The van der Waals surface area contributed by atoms with Crippen molar-refractivity contribution in [2.75, 3.05) is 18.5 Å². The van der Waals surface area contributed by atoms with Crippen LogP contribution in [-0.4, -0.2) is 45.2 Å². The molecule has 11 heteroatoms. The predicted octanol–water partition coefficient (Wildman–Crippen LogP) is 6.57. The van der Waals surface area contributed by atoms with Crippen molar-refractivity contribution >= 4 is 33.2 Å². The zero-order chi connectivity index (χ0) is 34.4. The second-order valence-electron chi connectivity index (χ2n) is 13.7. The summed E-state index contributed by atoms with van der Waals surface area (Å²) >= 11 is 0. The number of benzene rings is 3. The highest BCUT2D eigenvalue weighted by molar-refractivity contribution is 7.89. The normalized spacial score (nSPS) is 20.2. The van der Waals surface area contributed by atoms with E-state index in [1.165, 1.54) is 0 Å². The molecule has 3 aromatic rings. The number of amides is 1. The zero-order valence-corrected chi connectivity index (χ0v) is 28.9. The molecule has 258 valence electrons. The number of aliphatic imine (C=N–C) groups is 1. The van der Waals surface area contributed by atoms with Crippen LogP contribution in [0.2, 0.25) is 0 Å². The summed E-state index contributed by atoms with van der Waals surface area (Å²) in [6.07, 6.45) is 8.00. The van der Waals surface area contributed by atoms with Crippen molar-refractivity contribution in [2.24, 2.45) is 38.7 Å². The van der Waals surface area contributed by atoms with Crippen molar-refractivity contribution in [1.82, 2.24) is 4.72 Å². The Morgan fingerprint density at radius 1 is 0.898 bits per heavy atom. The molecule has 0 spiro atoms. The molecule has 2 saturated carbocycles. The maximum atomic E-state index is 13.7. The van der Waals surface area contributed by atoms with Crippen molar-refractivity contribution in [2.45, 2.75) is 82.1 Å². The highest BCUT2D eigenvalue weighted by Gasteiger charge is 2.30. The Bertz CT molecular complexity index is 1810. The summed E-state index contributed by atoms with van der Waals surface area (Å²) in [5.74, 6) is 0.403. The third-order valence-electron chi connectivity index (χ3n) is 10.2. The lowest BCUT2D eigenvalue weighted by Crippen LogP contribution is -2.32. The number of hydrogen-bond acceptors (Lipinski definition) is 8. The topological polar surface area (TPSA) is 155 Å². The number of nitrogens with zero attached hydrogens (tertiary/aromatic N) is 3. The predicted molar refractivity (Wildman–Crippen MR) is 192 cm³/mol. The smallest absolute Gasteiger partial charge is 0.240 e. The molecule has 0 unspecified atom stereocenters. The van der Waals surface area contributed by atoms with E-state index < -0.39 is 15.9 Å². The largest absolute Gasteiger partial charge is 0.330 e.